The molecule has 0 radical (unpaired) electrons. The summed E-state index contributed by atoms with van der Waals surface area (Å²) in [5.41, 5.74) is 0.962. The van der Waals surface area contributed by atoms with Gasteiger partial charge in [-0.1, -0.05) is 41.4 Å². The zero-order chi connectivity index (χ0) is 18.4. The number of ether oxygens (including phenoxy) is 1. The van der Waals surface area contributed by atoms with E-state index in [1.807, 2.05) is 20.8 Å². The van der Waals surface area contributed by atoms with E-state index < -0.39 is 5.60 Å². The second kappa shape index (κ2) is 9.04. The van der Waals surface area contributed by atoms with Crippen LogP contribution in [0, 0.1) is 0 Å². The van der Waals surface area contributed by atoms with Crippen LogP contribution < -0.4 is 10.6 Å². The van der Waals surface area contributed by atoms with E-state index in [0.29, 0.717) is 24.5 Å². The van der Waals surface area contributed by atoms with Gasteiger partial charge in [-0.2, -0.15) is 0 Å². The number of alkyl carbamates (subject to hydrolysis) is 1. The summed E-state index contributed by atoms with van der Waals surface area (Å²) in [5.74, 6) is 0.645. The zero-order valence-corrected chi connectivity index (χ0v) is 17.4. The Morgan fingerprint density at radius 1 is 1.28 bits per heavy atom. The predicted molar refractivity (Wildman–Crippen MR) is 106 cm³/mol. The van der Waals surface area contributed by atoms with E-state index in [4.69, 9.17) is 4.74 Å². The Balaban J connectivity index is 1.75. The van der Waals surface area contributed by atoms with Gasteiger partial charge in [-0.05, 0) is 63.6 Å². The van der Waals surface area contributed by atoms with Crippen LogP contribution in [0.1, 0.15) is 64.9 Å². The first-order chi connectivity index (χ1) is 11.8. The molecule has 0 bridgehead atoms. The second-order valence-electron chi connectivity index (χ2n) is 7.95. The number of amides is 1. The lowest BCUT2D eigenvalue weighted by molar-refractivity contribution is 0.0519. The predicted octanol–water partition coefficient (Wildman–Crippen LogP) is 4.98. The van der Waals surface area contributed by atoms with Crippen LogP contribution in [-0.2, 0) is 4.74 Å². The maximum Gasteiger partial charge on any atom is 0.407 e. The molecule has 0 aliphatic heterocycles. The largest absolute Gasteiger partial charge is 0.444 e. The van der Waals surface area contributed by atoms with Crippen LogP contribution in [0.4, 0.5) is 4.79 Å². The van der Waals surface area contributed by atoms with Gasteiger partial charge in [0.25, 0.3) is 0 Å². The van der Waals surface area contributed by atoms with Crippen molar-refractivity contribution in [3.8, 4) is 0 Å². The zero-order valence-electron chi connectivity index (χ0n) is 15.8. The van der Waals surface area contributed by atoms with Crippen LogP contribution in [0.5, 0.6) is 0 Å². The minimum absolute atomic E-state index is 0.299. The standard InChI is InChI=1S/C20H31BrN2O2/c1-5-6-17(13-22-19(24)25-20(2,3)4)23-18-11-15(12-18)14-7-9-16(21)10-8-14/h7-10,15,17-18,23H,5-6,11-13H2,1-4H3,(H,22,24). The lowest BCUT2D eigenvalue weighted by atomic mass is 9.75. The van der Waals surface area contributed by atoms with Gasteiger partial charge in [-0.25, -0.2) is 4.79 Å². The minimum atomic E-state index is -0.455. The van der Waals surface area contributed by atoms with E-state index in [-0.39, 0.29) is 6.09 Å². The Kier molecular flexibility index (Phi) is 7.32. The highest BCUT2D eigenvalue weighted by molar-refractivity contribution is 9.10. The average Bonchev–Trinajstić information content (AvgIpc) is 2.47. The van der Waals surface area contributed by atoms with Crippen LogP contribution in [0.15, 0.2) is 28.7 Å². The van der Waals surface area contributed by atoms with Gasteiger partial charge in [0.05, 0.1) is 0 Å². The van der Waals surface area contributed by atoms with Gasteiger partial charge >= 0.3 is 6.09 Å². The highest BCUT2D eigenvalue weighted by Crippen LogP contribution is 2.37. The third-order valence-corrected chi connectivity index (χ3v) is 5.01. The van der Waals surface area contributed by atoms with E-state index in [9.17, 15) is 4.79 Å². The van der Waals surface area contributed by atoms with Gasteiger partial charge in [0.2, 0.25) is 0 Å². The number of hydrogen-bond acceptors (Lipinski definition) is 3. The number of halogens is 1. The fourth-order valence-corrected chi connectivity index (χ4v) is 3.47. The molecular formula is C20H31BrN2O2. The first kappa shape index (κ1) is 20.2. The highest BCUT2D eigenvalue weighted by atomic mass is 79.9. The van der Waals surface area contributed by atoms with Crippen molar-refractivity contribution in [2.24, 2.45) is 0 Å². The molecule has 1 unspecified atom stereocenters. The van der Waals surface area contributed by atoms with E-state index in [0.717, 1.165) is 30.2 Å². The van der Waals surface area contributed by atoms with Crippen LogP contribution in [-0.4, -0.2) is 30.3 Å². The normalized spacial score (nSPS) is 21.3. The van der Waals surface area contributed by atoms with Crippen LogP contribution in [0.2, 0.25) is 0 Å². The molecule has 25 heavy (non-hydrogen) atoms. The molecule has 1 aromatic rings. The Labute approximate surface area is 160 Å². The third kappa shape index (κ3) is 6.98. The summed E-state index contributed by atoms with van der Waals surface area (Å²) in [6, 6.07) is 9.47. The van der Waals surface area contributed by atoms with E-state index in [1.54, 1.807) is 0 Å². The molecule has 2 rings (SSSR count). The van der Waals surface area contributed by atoms with Crippen molar-refractivity contribution in [1.29, 1.82) is 0 Å². The van der Waals surface area contributed by atoms with Gasteiger partial charge in [0.1, 0.15) is 5.60 Å². The number of hydrogen-bond donors (Lipinski definition) is 2. The van der Waals surface area contributed by atoms with Gasteiger partial charge in [0, 0.05) is 23.1 Å². The summed E-state index contributed by atoms with van der Waals surface area (Å²) in [6.07, 6.45) is 4.13. The fraction of sp³-hybridized carbons (Fsp3) is 0.650. The molecule has 1 aliphatic rings. The molecule has 1 saturated carbocycles. The van der Waals surface area contributed by atoms with Crippen molar-refractivity contribution in [1.82, 2.24) is 10.6 Å². The highest BCUT2D eigenvalue weighted by Gasteiger charge is 2.31. The number of carbonyl (C=O) groups is 1. The van der Waals surface area contributed by atoms with Gasteiger partial charge in [-0.3, -0.25) is 0 Å². The van der Waals surface area contributed by atoms with Crippen molar-refractivity contribution < 1.29 is 9.53 Å². The summed E-state index contributed by atoms with van der Waals surface area (Å²) in [5, 5.41) is 6.60. The average molecular weight is 411 g/mol. The molecule has 0 spiro atoms. The van der Waals surface area contributed by atoms with Crippen molar-refractivity contribution in [3.63, 3.8) is 0 Å². The molecule has 1 fully saturated rings. The molecule has 0 aromatic heterocycles. The van der Waals surface area contributed by atoms with Crippen LogP contribution >= 0.6 is 15.9 Å². The van der Waals surface area contributed by atoms with Crippen molar-refractivity contribution in [3.05, 3.63) is 34.3 Å². The number of nitrogens with one attached hydrogen (secondary N) is 2. The topological polar surface area (TPSA) is 50.4 Å². The molecule has 0 heterocycles. The molecule has 1 atom stereocenters. The maximum atomic E-state index is 11.8. The Hall–Kier alpha value is -1.07. The lowest BCUT2D eigenvalue weighted by Gasteiger charge is -2.39. The summed E-state index contributed by atoms with van der Waals surface area (Å²) in [6.45, 7) is 8.43. The first-order valence-electron chi connectivity index (χ1n) is 9.25. The quantitative estimate of drug-likeness (QED) is 0.666. The van der Waals surface area contributed by atoms with E-state index in [2.05, 4.69) is 57.8 Å². The molecule has 140 valence electrons. The molecule has 4 nitrogen and oxygen atoms in total. The third-order valence-electron chi connectivity index (χ3n) is 4.48. The molecule has 1 aromatic carbocycles. The van der Waals surface area contributed by atoms with Crippen LogP contribution in [0.25, 0.3) is 0 Å². The Morgan fingerprint density at radius 3 is 2.48 bits per heavy atom. The SMILES string of the molecule is CCCC(CNC(=O)OC(C)(C)C)NC1CC(c2ccc(Br)cc2)C1. The van der Waals surface area contributed by atoms with E-state index >= 15 is 0 Å². The van der Waals surface area contributed by atoms with Crippen molar-refractivity contribution in [2.75, 3.05) is 6.54 Å². The number of carbonyl (C=O) groups excluding carboxylic acids is 1. The lowest BCUT2D eigenvalue weighted by Crippen LogP contribution is -2.50. The first-order valence-corrected chi connectivity index (χ1v) is 10.0. The molecule has 1 aliphatic carbocycles. The monoisotopic (exact) mass is 410 g/mol. The summed E-state index contributed by atoms with van der Waals surface area (Å²) in [7, 11) is 0. The molecule has 5 heteroatoms. The molecule has 1 amide bonds. The van der Waals surface area contributed by atoms with Crippen LogP contribution in [0.3, 0.4) is 0 Å². The summed E-state index contributed by atoms with van der Waals surface area (Å²) in [4.78, 5) is 11.8. The van der Waals surface area contributed by atoms with Gasteiger partial charge < -0.3 is 15.4 Å². The number of benzene rings is 1. The van der Waals surface area contributed by atoms with Gasteiger partial charge in [-0.15, -0.1) is 0 Å². The molecular weight excluding hydrogens is 380 g/mol. The summed E-state index contributed by atoms with van der Waals surface area (Å²) >= 11 is 3.49. The Morgan fingerprint density at radius 2 is 1.92 bits per heavy atom. The maximum absolute atomic E-state index is 11.8. The molecule has 0 saturated heterocycles. The van der Waals surface area contributed by atoms with Gasteiger partial charge in [0.15, 0.2) is 0 Å². The summed E-state index contributed by atoms with van der Waals surface area (Å²) < 4.78 is 6.44. The molecule has 2 N–H and O–H groups in total. The Bertz CT molecular complexity index is 548. The van der Waals surface area contributed by atoms with E-state index in [1.165, 1.54) is 5.56 Å². The van der Waals surface area contributed by atoms with Crippen molar-refractivity contribution >= 4 is 22.0 Å². The van der Waals surface area contributed by atoms with Crippen molar-refractivity contribution in [2.45, 2.75) is 77.0 Å². The smallest absolute Gasteiger partial charge is 0.407 e. The fourth-order valence-electron chi connectivity index (χ4n) is 3.21. The second-order valence-corrected chi connectivity index (χ2v) is 8.87. The minimum Gasteiger partial charge on any atom is -0.444 e. The number of rotatable bonds is 7.